The van der Waals surface area contributed by atoms with Gasteiger partial charge in [-0.1, -0.05) is 0 Å². The fraction of sp³-hybridized carbons (Fsp3) is 0. The van der Waals surface area contributed by atoms with Crippen molar-refractivity contribution in [3.63, 3.8) is 0 Å². The molecule has 0 N–H and O–H groups in total. The molecule has 0 aromatic heterocycles. The van der Waals surface area contributed by atoms with Crippen molar-refractivity contribution in [1.29, 1.82) is 0 Å². The van der Waals surface area contributed by atoms with Crippen LogP contribution in [-0.2, 0) is 36.4 Å². The summed E-state index contributed by atoms with van der Waals surface area (Å²) in [7, 11) is 4.64. The molecule has 0 atom stereocenters. The van der Waals surface area contributed by atoms with Gasteiger partial charge in [0.25, 0.3) is 0 Å². The maximum atomic E-state index is 4.64. The van der Waals surface area contributed by atoms with Crippen LogP contribution < -0.4 is 0 Å². The van der Waals surface area contributed by atoms with Gasteiger partial charge in [0.2, 0.25) is 0 Å². The molecular formula is H2ClFeMgTi. The summed E-state index contributed by atoms with van der Waals surface area (Å²) in [6.45, 7) is 0. The molecule has 0 amide bonds. The summed E-state index contributed by atoms with van der Waals surface area (Å²) in [5, 5.41) is 0. The second-order valence-corrected chi connectivity index (χ2v) is 0. The molecule has 0 nitrogen and oxygen atoms in total. The van der Waals surface area contributed by atoms with E-state index in [1.165, 1.54) is 19.4 Å². The molecule has 4 heteroatoms. The third kappa shape index (κ3) is 8.85. The Kier molecular flexibility index (Phi) is 75.5. The zero-order valence-corrected chi connectivity index (χ0v) is 4.65. The van der Waals surface area contributed by atoms with E-state index in [0.717, 1.165) is 0 Å². The Bertz CT molecular complexity index is 8.00. The molecule has 0 aromatic carbocycles. The van der Waals surface area contributed by atoms with Gasteiger partial charge in [0.1, 0.15) is 0 Å². The van der Waals surface area contributed by atoms with Crippen LogP contribution in [0.4, 0.5) is 0 Å². The van der Waals surface area contributed by atoms with Gasteiger partial charge in [-0.25, -0.2) is 0 Å². The largest absolute Gasteiger partial charge is 0.316 e. The second-order valence-electron chi connectivity index (χ2n) is 0. The van der Waals surface area contributed by atoms with Crippen LogP contribution in [0.25, 0.3) is 0 Å². The van der Waals surface area contributed by atoms with E-state index < -0.39 is 0 Å². The predicted octanol–water partition coefficient (Wildman–Crippen LogP) is -0.232. The molecule has 0 unspecified atom stereocenters. The van der Waals surface area contributed by atoms with Crippen molar-refractivity contribution in [2.24, 2.45) is 0 Å². The van der Waals surface area contributed by atoms with Gasteiger partial charge in [0, 0.05) is 17.1 Å². The molecule has 0 aliphatic carbocycles. The molecule has 0 radical (unpaired) electrons. The fourth-order valence-electron chi connectivity index (χ4n) is 0. The zero-order valence-electron chi connectivity index (χ0n) is 1.23. The Hall–Kier alpha value is 2.29. The molecule has 23 valence electrons. The SMILES string of the molecule is [Cl][Ti].[Fe].[MgH2]. The smallest absolute Gasteiger partial charge is 0 e. The van der Waals surface area contributed by atoms with Crippen molar-refractivity contribution in [1.82, 2.24) is 0 Å². The van der Waals surface area contributed by atoms with Crippen LogP contribution in [0.5, 0.6) is 0 Å². The molecule has 0 saturated heterocycles. The summed E-state index contributed by atoms with van der Waals surface area (Å²) < 4.78 is 0. The number of hydrogen-bond acceptors (Lipinski definition) is 0. The van der Waals surface area contributed by atoms with Gasteiger partial charge in [-0.15, -0.1) is 0 Å². The first-order valence-corrected chi connectivity index (χ1v) is 2.34. The van der Waals surface area contributed by atoms with Crippen LogP contribution in [0.15, 0.2) is 0 Å². The standard InChI is InChI=1S/ClH.Fe.Mg.Ti.2H/h1H;;;;;/q;;;+1;;/p-1. The van der Waals surface area contributed by atoms with E-state index in [1.807, 2.05) is 0 Å². The van der Waals surface area contributed by atoms with E-state index in [1.54, 1.807) is 0 Å². The minimum absolute atomic E-state index is 0. The summed E-state index contributed by atoms with van der Waals surface area (Å²) in [5.41, 5.74) is 0. The number of rotatable bonds is 0. The van der Waals surface area contributed by atoms with Crippen LogP contribution in [0.2, 0.25) is 0 Å². The molecule has 0 heterocycles. The average molecular weight is 165 g/mol. The molecule has 0 spiro atoms. The summed E-state index contributed by atoms with van der Waals surface area (Å²) >= 11 is 1.47. The van der Waals surface area contributed by atoms with Gasteiger partial charge in [-0.2, -0.15) is 0 Å². The second kappa shape index (κ2) is 18.6. The molecule has 0 aliphatic heterocycles. The first-order chi connectivity index (χ1) is 1.00. The van der Waals surface area contributed by atoms with Crippen molar-refractivity contribution in [3.05, 3.63) is 0 Å². The Morgan fingerprint density at radius 3 is 1.25 bits per heavy atom. The molecule has 4 heavy (non-hydrogen) atoms. The maximum absolute atomic E-state index is 4.64. The van der Waals surface area contributed by atoms with Gasteiger partial charge in [-0.3, -0.25) is 0 Å². The van der Waals surface area contributed by atoms with E-state index in [9.17, 15) is 0 Å². The van der Waals surface area contributed by atoms with Gasteiger partial charge < -0.3 is 0 Å². The van der Waals surface area contributed by atoms with Crippen LogP contribution in [0.1, 0.15) is 0 Å². The van der Waals surface area contributed by atoms with E-state index in [4.69, 9.17) is 0 Å². The van der Waals surface area contributed by atoms with E-state index in [-0.39, 0.29) is 40.1 Å². The quantitative estimate of drug-likeness (QED) is 0.435. The summed E-state index contributed by atoms with van der Waals surface area (Å²) in [4.78, 5) is 0. The first kappa shape index (κ1) is 16.3. The molecular weight excluding hydrogens is 163 g/mol. The number of halogens is 1. The maximum Gasteiger partial charge on any atom is 0.316 e. The van der Waals surface area contributed by atoms with Crippen molar-refractivity contribution in [3.8, 4) is 0 Å². The molecule has 0 saturated carbocycles. The molecule has 0 bridgehead atoms. The Morgan fingerprint density at radius 2 is 1.25 bits per heavy atom. The molecule has 0 rings (SSSR count). The normalized spacial score (nSPS) is 1.00. The van der Waals surface area contributed by atoms with Crippen molar-refractivity contribution in [2.45, 2.75) is 0 Å². The van der Waals surface area contributed by atoms with Gasteiger partial charge in [0.15, 0.2) is 0 Å². The predicted molar refractivity (Wildman–Crippen MR) is 14.4 cm³/mol. The molecule has 0 aliphatic rings. The summed E-state index contributed by atoms with van der Waals surface area (Å²) in [6.07, 6.45) is 0. The Morgan fingerprint density at radius 1 is 1.25 bits per heavy atom. The summed E-state index contributed by atoms with van der Waals surface area (Å²) in [5.74, 6) is 0. The van der Waals surface area contributed by atoms with E-state index in [0.29, 0.717) is 0 Å². The third-order valence-corrected chi connectivity index (χ3v) is 0. The zero-order chi connectivity index (χ0) is 2.00. The Balaban J connectivity index is -0.00000000500. The van der Waals surface area contributed by atoms with Crippen molar-refractivity contribution >= 4 is 32.4 Å². The topological polar surface area (TPSA) is 0 Å². The van der Waals surface area contributed by atoms with E-state index in [2.05, 4.69) is 9.30 Å². The third-order valence-electron chi connectivity index (χ3n) is 0. The minimum atomic E-state index is 0. The Labute approximate surface area is 67.9 Å². The monoisotopic (exact) mass is 165 g/mol. The van der Waals surface area contributed by atoms with Crippen molar-refractivity contribution in [2.75, 3.05) is 0 Å². The first-order valence-electron chi connectivity index (χ1n) is 0.189. The van der Waals surface area contributed by atoms with Crippen LogP contribution in [-0.4, -0.2) is 23.1 Å². The average Bonchev–Trinajstić information content (AvgIpc) is 1.00. The molecule has 0 fully saturated rings. The minimum Gasteiger partial charge on any atom is 0 e. The van der Waals surface area contributed by atoms with Crippen LogP contribution in [0, 0.1) is 0 Å². The summed E-state index contributed by atoms with van der Waals surface area (Å²) in [6, 6.07) is 0. The van der Waals surface area contributed by atoms with Crippen LogP contribution in [0.3, 0.4) is 0 Å². The van der Waals surface area contributed by atoms with Gasteiger partial charge >= 0.3 is 51.7 Å². The van der Waals surface area contributed by atoms with Crippen molar-refractivity contribution < 1.29 is 36.4 Å². The van der Waals surface area contributed by atoms with E-state index >= 15 is 0 Å². The van der Waals surface area contributed by atoms with Gasteiger partial charge in [-0.05, 0) is 0 Å². The molecule has 0 aromatic rings. The number of hydrogen-bond donors (Lipinski definition) is 0. The van der Waals surface area contributed by atoms with Crippen LogP contribution >= 0.6 is 9.30 Å². The van der Waals surface area contributed by atoms with Gasteiger partial charge in [0.05, 0.1) is 0 Å². The fourth-order valence-corrected chi connectivity index (χ4v) is 0.